The molecule has 2 aromatic rings. The number of anilines is 1. The molecule has 1 amide bonds. The molecule has 1 heterocycles. The smallest absolute Gasteiger partial charge is 0.238 e. The number of nitrogens with zero attached hydrogens (tertiary/aromatic N) is 3. The average Bonchev–Trinajstić information content (AvgIpc) is 3.14. The van der Waals surface area contributed by atoms with Crippen LogP contribution in [0.3, 0.4) is 0 Å². The molecule has 1 aromatic heterocycles. The Morgan fingerprint density at radius 3 is 2.84 bits per heavy atom. The molecule has 4 rings (SSSR count). The molecular formula is C19H24N4OS. The summed E-state index contributed by atoms with van der Waals surface area (Å²) in [6.07, 6.45) is 7.64. The number of amides is 1. The lowest BCUT2D eigenvalue weighted by molar-refractivity contribution is -0.116. The molecule has 1 N–H and O–H groups in total. The molecule has 0 aliphatic heterocycles. The minimum atomic E-state index is -0.185. The van der Waals surface area contributed by atoms with E-state index in [2.05, 4.69) is 46.1 Å². The number of thioether (sulfide) groups is 1. The van der Waals surface area contributed by atoms with Gasteiger partial charge >= 0.3 is 0 Å². The van der Waals surface area contributed by atoms with Gasteiger partial charge in [-0.25, -0.2) is 0 Å². The highest BCUT2D eigenvalue weighted by atomic mass is 32.2. The van der Waals surface area contributed by atoms with E-state index in [1.165, 1.54) is 42.2 Å². The lowest BCUT2D eigenvalue weighted by atomic mass is 10.1. The van der Waals surface area contributed by atoms with E-state index in [0.717, 1.165) is 23.7 Å². The second-order valence-corrected chi connectivity index (χ2v) is 8.47. The Kier molecular flexibility index (Phi) is 4.54. The van der Waals surface area contributed by atoms with Crippen molar-refractivity contribution in [3.05, 3.63) is 35.7 Å². The van der Waals surface area contributed by atoms with Crippen molar-refractivity contribution in [1.29, 1.82) is 0 Å². The van der Waals surface area contributed by atoms with Crippen LogP contribution in [0.1, 0.15) is 50.3 Å². The van der Waals surface area contributed by atoms with Crippen molar-refractivity contribution >= 4 is 23.4 Å². The van der Waals surface area contributed by atoms with Gasteiger partial charge in [0.25, 0.3) is 0 Å². The van der Waals surface area contributed by atoms with Crippen LogP contribution in [0.15, 0.2) is 29.7 Å². The second-order valence-electron chi connectivity index (χ2n) is 7.36. The van der Waals surface area contributed by atoms with Crippen molar-refractivity contribution in [2.24, 2.45) is 5.92 Å². The maximum Gasteiger partial charge on any atom is 0.238 e. The number of carbonyl (C=O) groups excluding carboxylic acids is 1. The highest BCUT2D eigenvalue weighted by molar-refractivity contribution is 8.00. The molecule has 25 heavy (non-hydrogen) atoms. The van der Waals surface area contributed by atoms with Gasteiger partial charge in [0, 0.05) is 11.7 Å². The van der Waals surface area contributed by atoms with Crippen LogP contribution in [0.5, 0.6) is 0 Å². The SMILES string of the molecule is CC(C)[C@H](Sc1nncn1C1CC1)C(=O)Nc1ccc2c(c1)CCC2. The van der Waals surface area contributed by atoms with Gasteiger partial charge in [0.2, 0.25) is 5.91 Å². The summed E-state index contributed by atoms with van der Waals surface area (Å²) in [4.78, 5) is 12.9. The van der Waals surface area contributed by atoms with Crippen molar-refractivity contribution in [3.63, 3.8) is 0 Å². The van der Waals surface area contributed by atoms with Gasteiger partial charge in [-0.3, -0.25) is 4.79 Å². The quantitative estimate of drug-likeness (QED) is 0.799. The molecule has 0 radical (unpaired) electrons. The molecule has 1 aromatic carbocycles. The van der Waals surface area contributed by atoms with E-state index >= 15 is 0 Å². The van der Waals surface area contributed by atoms with Gasteiger partial charge < -0.3 is 9.88 Å². The van der Waals surface area contributed by atoms with E-state index in [1.54, 1.807) is 6.33 Å². The maximum atomic E-state index is 12.9. The number of aryl methyl sites for hydroxylation is 2. The molecule has 132 valence electrons. The number of carbonyl (C=O) groups is 1. The second kappa shape index (κ2) is 6.83. The molecule has 0 spiro atoms. The van der Waals surface area contributed by atoms with Gasteiger partial charge in [-0.15, -0.1) is 10.2 Å². The predicted molar refractivity (Wildman–Crippen MR) is 99.9 cm³/mol. The van der Waals surface area contributed by atoms with Crippen LogP contribution in [0.25, 0.3) is 0 Å². The summed E-state index contributed by atoms with van der Waals surface area (Å²) in [5.41, 5.74) is 3.70. The fourth-order valence-corrected chi connectivity index (χ4v) is 4.47. The largest absolute Gasteiger partial charge is 0.325 e. The maximum absolute atomic E-state index is 12.9. The summed E-state index contributed by atoms with van der Waals surface area (Å²) in [5.74, 6) is 0.257. The van der Waals surface area contributed by atoms with E-state index < -0.39 is 0 Å². The van der Waals surface area contributed by atoms with E-state index in [0.29, 0.717) is 6.04 Å². The van der Waals surface area contributed by atoms with Crippen molar-refractivity contribution < 1.29 is 4.79 Å². The Morgan fingerprint density at radius 1 is 1.28 bits per heavy atom. The molecule has 0 unspecified atom stereocenters. The summed E-state index contributed by atoms with van der Waals surface area (Å²) in [5, 5.41) is 12.1. The molecule has 6 heteroatoms. The van der Waals surface area contributed by atoms with E-state index in [1.807, 2.05) is 6.07 Å². The third-order valence-electron chi connectivity index (χ3n) is 4.94. The van der Waals surface area contributed by atoms with Crippen LogP contribution < -0.4 is 5.32 Å². The van der Waals surface area contributed by atoms with Gasteiger partial charge in [-0.2, -0.15) is 0 Å². The Balaban J connectivity index is 1.48. The molecule has 0 saturated heterocycles. The Bertz CT molecular complexity index is 781. The highest BCUT2D eigenvalue weighted by Crippen LogP contribution is 2.39. The number of hydrogen-bond donors (Lipinski definition) is 1. The van der Waals surface area contributed by atoms with E-state index in [9.17, 15) is 4.79 Å². The van der Waals surface area contributed by atoms with Crippen molar-refractivity contribution in [2.45, 2.75) is 62.4 Å². The summed E-state index contributed by atoms with van der Waals surface area (Å²) < 4.78 is 2.11. The zero-order chi connectivity index (χ0) is 17.4. The Morgan fingerprint density at radius 2 is 2.08 bits per heavy atom. The van der Waals surface area contributed by atoms with Crippen LogP contribution in [0.4, 0.5) is 5.69 Å². The normalized spacial score (nSPS) is 17.6. The van der Waals surface area contributed by atoms with Crippen LogP contribution in [0.2, 0.25) is 0 Å². The molecule has 1 fully saturated rings. The summed E-state index contributed by atoms with van der Waals surface area (Å²) in [6, 6.07) is 6.83. The zero-order valence-electron chi connectivity index (χ0n) is 14.7. The van der Waals surface area contributed by atoms with Crippen LogP contribution in [0, 0.1) is 5.92 Å². The molecule has 1 saturated carbocycles. The standard InChI is InChI=1S/C19H24N4OS/c1-12(2)17(25-19-22-20-11-23(19)16-8-9-16)18(24)21-15-7-6-13-4-3-5-14(13)10-15/h6-7,10-12,16-17H,3-5,8-9H2,1-2H3,(H,21,24)/t17-/m0/s1. The Labute approximate surface area is 152 Å². The molecular weight excluding hydrogens is 332 g/mol. The van der Waals surface area contributed by atoms with Gasteiger partial charge in [0.1, 0.15) is 6.33 Å². The first-order valence-corrected chi connectivity index (χ1v) is 9.98. The van der Waals surface area contributed by atoms with Crippen LogP contribution in [-0.2, 0) is 17.6 Å². The predicted octanol–water partition coefficient (Wildman–Crippen LogP) is 3.86. The molecule has 0 bridgehead atoms. The highest BCUT2D eigenvalue weighted by Gasteiger charge is 2.30. The molecule has 2 aliphatic rings. The van der Waals surface area contributed by atoms with Gasteiger partial charge in [-0.05, 0) is 61.3 Å². The Hall–Kier alpha value is -1.82. The van der Waals surface area contributed by atoms with Crippen LogP contribution >= 0.6 is 11.8 Å². The van der Waals surface area contributed by atoms with Crippen LogP contribution in [-0.4, -0.2) is 25.9 Å². The van der Waals surface area contributed by atoms with E-state index in [-0.39, 0.29) is 17.1 Å². The fraction of sp³-hybridized carbons (Fsp3) is 0.526. The minimum absolute atomic E-state index is 0.0447. The fourth-order valence-electron chi connectivity index (χ4n) is 3.39. The van der Waals surface area contributed by atoms with E-state index in [4.69, 9.17) is 0 Å². The monoisotopic (exact) mass is 356 g/mol. The first-order valence-electron chi connectivity index (χ1n) is 9.10. The topological polar surface area (TPSA) is 59.8 Å². The summed E-state index contributed by atoms with van der Waals surface area (Å²) in [6.45, 7) is 4.16. The number of aromatic nitrogens is 3. The first-order chi connectivity index (χ1) is 12.1. The molecule has 1 atom stereocenters. The van der Waals surface area contributed by atoms with Gasteiger partial charge in [-0.1, -0.05) is 31.7 Å². The zero-order valence-corrected chi connectivity index (χ0v) is 15.6. The van der Waals surface area contributed by atoms with Crippen molar-refractivity contribution in [2.75, 3.05) is 5.32 Å². The van der Waals surface area contributed by atoms with Crippen molar-refractivity contribution in [3.8, 4) is 0 Å². The van der Waals surface area contributed by atoms with Gasteiger partial charge in [0.15, 0.2) is 5.16 Å². The summed E-state index contributed by atoms with van der Waals surface area (Å²) >= 11 is 1.53. The molecule has 5 nitrogen and oxygen atoms in total. The van der Waals surface area contributed by atoms with Crippen molar-refractivity contribution in [1.82, 2.24) is 14.8 Å². The summed E-state index contributed by atoms with van der Waals surface area (Å²) in [7, 11) is 0. The number of fused-ring (bicyclic) bond motifs is 1. The molecule has 2 aliphatic carbocycles. The van der Waals surface area contributed by atoms with Gasteiger partial charge in [0.05, 0.1) is 5.25 Å². The lowest BCUT2D eigenvalue weighted by Gasteiger charge is -2.20. The number of hydrogen-bond acceptors (Lipinski definition) is 4. The number of benzene rings is 1. The number of rotatable bonds is 6. The third kappa shape index (κ3) is 3.59. The lowest BCUT2D eigenvalue weighted by Crippen LogP contribution is -2.30. The minimum Gasteiger partial charge on any atom is -0.325 e. The first kappa shape index (κ1) is 16.6. The average molecular weight is 356 g/mol. The third-order valence-corrected chi connectivity index (χ3v) is 6.46. The number of nitrogens with one attached hydrogen (secondary N) is 1.